The van der Waals surface area contributed by atoms with E-state index in [1.165, 1.54) is 0 Å². The lowest BCUT2D eigenvalue weighted by Crippen LogP contribution is -2.57. The second-order valence-corrected chi connectivity index (χ2v) is 10.0. The summed E-state index contributed by atoms with van der Waals surface area (Å²) in [5.74, 6) is -2.76. The number of hydrogen-bond donors (Lipinski definition) is 3. The van der Waals surface area contributed by atoms with E-state index >= 15 is 0 Å². The molecule has 2 aromatic rings. The van der Waals surface area contributed by atoms with Gasteiger partial charge in [-0.2, -0.15) is 26.3 Å². The summed E-state index contributed by atoms with van der Waals surface area (Å²) in [6.07, 6.45) is -3.82. The number of carbonyl (C=O) groups is 2. The summed E-state index contributed by atoms with van der Waals surface area (Å²) in [6, 6.07) is 15.4. The second-order valence-electron chi connectivity index (χ2n) is 10.0. The van der Waals surface area contributed by atoms with Gasteiger partial charge >= 0.3 is 24.4 Å². The van der Waals surface area contributed by atoms with Crippen molar-refractivity contribution in [1.82, 2.24) is 10.6 Å². The van der Waals surface area contributed by atoms with Gasteiger partial charge in [0.15, 0.2) is 0 Å². The normalized spacial score (nSPS) is 21.3. The van der Waals surface area contributed by atoms with Crippen molar-refractivity contribution in [2.24, 2.45) is 0 Å². The van der Waals surface area contributed by atoms with Crippen molar-refractivity contribution in [2.75, 3.05) is 18.0 Å². The molecule has 1 heterocycles. The highest BCUT2D eigenvalue weighted by molar-refractivity contribution is 5.73. The first-order valence-corrected chi connectivity index (χ1v) is 13.3. The van der Waals surface area contributed by atoms with Crippen LogP contribution in [0.2, 0.25) is 0 Å². The minimum Gasteiger partial charge on any atom is -0.475 e. The van der Waals surface area contributed by atoms with Crippen LogP contribution < -0.4 is 15.5 Å². The maximum absolute atomic E-state index is 12.9. The molecule has 41 heavy (non-hydrogen) atoms. The highest BCUT2D eigenvalue weighted by Crippen LogP contribution is 2.31. The molecule has 1 amide bonds. The van der Waals surface area contributed by atoms with Crippen LogP contribution in [0.1, 0.15) is 49.7 Å². The zero-order chi connectivity index (χ0) is 30.0. The molecule has 13 heteroatoms. The van der Waals surface area contributed by atoms with Crippen molar-refractivity contribution < 1.29 is 45.8 Å². The number of carbonyl (C=O) groups excluding carboxylic acids is 1. The van der Waals surface area contributed by atoms with Gasteiger partial charge in [0.05, 0.1) is 5.56 Å². The number of ether oxygens (including phenoxy) is 1. The van der Waals surface area contributed by atoms with E-state index in [-0.39, 0.29) is 24.7 Å². The van der Waals surface area contributed by atoms with E-state index < -0.39 is 30.0 Å². The highest BCUT2D eigenvalue weighted by Gasteiger charge is 2.38. The Labute approximate surface area is 233 Å². The lowest BCUT2D eigenvalue weighted by atomic mass is 9.89. The standard InChI is InChI=1S/C26H32F3N3O2.C2HF3O2/c27-26(28,29)20-12-14-22(15-13-20)32-16-6-9-21(17-32)30-23-10-4-5-11-24(23)31-25(33)34-18-19-7-2-1-3-8-19;3-2(4,5)1(6)7/h1-3,7-8,12-15,21,23-24,30H,4-6,9-11,16-18H2,(H,31,33);(H,6,7)/t21-,23+,24+;/m0./s1. The number of aliphatic carboxylic acids is 1. The molecular weight excluding hydrogens is 556 g/mol. The molecular formula is C28H33F6N3O4. The fourth-order valence-electron chi connectivity index (χ4n) is 4.93. The molecule has 0 spiro atoms. The summed E-state index contributed by atoms with van der Waals surface area (Å²) in [5.41, 5.74) is 1.13. The Hall–Kier alpha value is -3.48. The molecule has 2 fully saturated rings. The Morgan fingerprint density at radius 1 is 0.878 bits per heavy atom. The summed E-state index contributed by atoms with van der Waals surface area (Å²) in [5, 5.41) is 13.9. The number of hydrogen-bond acceptors (Lipinski definition) is 5. The van der Waals surface area contributed by atoms with Crippen LogP contribution in [0.25, 0.3) is 0 Å². The number of alkyl halides is 6. The first-order valence-electron chi connectivity index (χ1n) is 13.3. The first-order chi connectivity index (χ1) is 19.3. The molecule has 2 aliphatic rings. The van der Waals surface area contributed by atoms with E-state index in [0.717, 1.165) is 75.0 Å². The molecule has 1 aliphatic carbocycles. The van der Waals surface area contributed by atoms with E-state index in [4.69, 9.17) is 14.6 Å². The van der Waals surface area contributed by atoms with Crippen LogP contribution in [0, 0.1) is 0 Å². The van der Waals surface area contributed by atoms with E-state index in [1.54, 1.807) is 12.1 Å². The Kier molecular flexibility index (Phi) is 11.3. The van der Waals surface area contributed by atoms with Crippen LogP contribution in [-0.4, -0.2) is 54.6 Å². The average molecular weight is 590 g/mol. The number of amides is 1. The van der Waals surface area contributed by atoms with E-state index in [1.807, 2.05) is 30.3 Å². The van der Waals surface area contributed by atoms with Crippen molar-refractivity contribution >= 4 is 17.7 Å². The largest absolute Gasteiger partial charge is 0.490 e. The number of benzene rings is 2. The van der Waals surface area contributed by atoms with E-state index in [9.17, 15) is 31.1 Å². The van der Waals surface area contributed by atoms with Gasteiger partial charge in [-0.3, -0.25) is 0 Å². The van der Waals surface area contributed by atoms with Crippen LogP contribution in [0.5, 0.6) is 0 Å². The number of anilines is 1. The topological polar surface area (TPSA) is 90.9 Å². The van der Waals surface area contributed by atoms with Gasteiger partial charge in [0, 0.05) is 36.9 Å². The quantitative estimate of drug-likeness (QED) is 0.351. The third-order valence-electron chi connectivity index (χ3n) is 6.96. The van der Waals surface area contributed by atoms with Gasteiger partial charge in [-0.05, 0) is 55.5 Å². The molecule has 0 radical (unpaired) electrons. The number of rotatable bonds is 6. The van der Waals surface area contributed by atoms with Gasteiger partial charge in [0.25, 0.3) is 0 Å². The third-order valence-corrected chi connectivity index (χ3v) is 6.96. The predicted molar refractivity (Wildman–Crippen MR) is 139 cm³/mol. The van der Waals surface area contributed by atoms with Crippen LogP contribution in [0.3, 0.4) is 0 Å². The summed E-state index contributed by atoms with van der Waals surface area (Å²) < 4.78 is 75.8. The van der Waals surface area contributed by atoms with Crippen LogP contribution >= 0.6 is 0 Å². The lowest BCUT2D eigenvalue weighted by Gasteiger charge is -2.40. The molecule has 0 unspecified atom stereocenters. The van der Waals surface area contributed by atoms with Gasteiger partial charge in [-0.1, -0.05) is 43.2 Å². The van der Waals surface area contributed by atoms with Gasteiger partial charge in [0.2, 0.25) is 0 Å². The van der Waals surface area contributed by atoms with Gasteiger partial charge in [0.1, 0.15) is 6.61 Å². The van der Waals surface area contributed by atoms with Gasteiger partial charge in [-0.15, -0.1) is 0 Å². The molecule has 0 bridgehead atoms. The minimum atomic E-state index is -5.08. The number of nitrogens with one attached hydrogen (secondary N) is 2. The smallest absolute Gasteiger partial charge is 0.475 e. The number of carboxylic acids is 1. The van der Waals surface area contributed by atoms with E-state index in [2.05, 4.69) is 15.5 Å². The molecule has 3 atom stereocenters. The van der Waals surface area contributed by atoms with Crippen molar-refractivity contribution in [2.45, 2.75) is 75.6 Å². The Morgan fingerprint density at radius 3 is 2.07 bits per heavy atom. The Balaban J connectivity index is 0.000000587. The molecule has 1 saturated carbocycles. The van der Waals surface area contributed by atoms with Crippen molar-refractivity contribution in [3.05, 3.63) is 65.7 Å². The molecule has 2 aromatic carbocycles. The van der Waals surface area contributed by atoms with Gasteiger partial charge in [-0.25, -0.2) is 9.59 Å². The lowest BCUT2D eigenvalue weighted by molar-refractivity contribution is -0.192. The number of nitrogens with zero attached hydrogens (tertiary/aromatic N) is 1. The first kappa shape index (κ1) is 32.0. The Morgan fingerprint density at radius 2 is 1.49 bits per heavy atom. The maximum Gasteiger partial charge on any atom is 0.490 e. The van der Waals surface area contributed by atoms with E-state index in [0.29, 0.717) is 0 Å². The number of piperidine rings is 1. The molecule has 1 saturated heterocycles. The second kappa shape index (κ2) is 14.4. The fraction of sp³-hybridized carbons (Fsp3) is 0.500. The zero-order valence-corrected chi connectivity index (χ0v) is 22.2. The van der Waals surface area contributed by atoms with Crippen molar-refractivity contribution in [1.29, 1.82) is 0 Å². The van der Waals surface area contributed by atoms with Crippen LogP contribution in [-0.2, 0) is 22.3 Å². The summed E-state index contributed by atoms with van der Waals surface area (Å²) in [6.45, 7) is 1.79. The number of alkyl carbamates (subject to hydrolysis) is 1. The monoisotopic (exact) mass is 589 g/mol. The molecule has 226 valence electrons. The molecule has 7 nitrogen and oxygen atoms in total. The fourth-order valence-corrected chi connectivity index (χ4v) is 4.93. The van der Waals surface area contributed by atoms with Crippen LogP contribution in [0.4, 0.5) is 36.8 Å². The Bertz CT molecular complexity index is 1110. The van der Waals surface area contributed by atoms with Crippen LogP contribution in [0.15, 0.2) is 54.6 Å². The van der Waals surface area contributed by atoms with Crippen molar-refractivity contribution in [3.63, 3.8) is 0 Å². The van der Waals surface area contributed by atoms with Crippen molar-refractivity contribution in [3.8, 4) is 0 Å². The summed E-state index contributed by atoms with van der Waals surface area (Å²) in [4.78, 5) is 23.4. The predicted octanol–water partition coefficient (Wildman–Crippen LogP) is 6.13. The highest BCUT2D eigenvalue weighted by atomic mass is 19.4. The number of carboxylic acid groups (broad SMARTS) is 1. The molecule has 0 aromatic heterocycles. The molecule has 1 aliphatic heterocycles. The summed E-state index contributed by atoms with van der Waals surface area (Å²) in [7, 11) is 0. The van der Waals surface area contributed by atoms with Gasteiger partial charge < -0.3 is 25.4 Å². The third kappa shape index (κ3) is 10.5. The SMILES string of the molecule is O=C(N[C@@H]1CCCC[C@H]1N[C@H]1CCCN(c2ccc(C(F)(F)F)cc2)C1)OCc1ccccc1.O=C(O)C(F)(F)F. The average Bonchev–Trinajstić information content (AvgIpc) is 2.93. The summed E-state index contributed by atoms with van der Waals surface area (Å²) >= 11 is 0. The molecule has 3 N–H and O–H groups in total. The minimum absolute atomic E-state index is 0.00142. The maximum atomic E-state index is 12.9. The molecule has 4 rings (SSSR count). The number of halogens is 6. The zero-order valence-electron chi connectivity index (χ0n) is 22.2.